The highest BCUT2D eigenvalue weighted by molar-refractivity contribution is 5.77. The molecule has 2 heterocycles. The van der Waals surface area contributed by atoms with Crippen LogP contribution < -0.4 is 5.32 Å². The monoisotopic (exact) mass is 314 g/mol. The molecule has 0 aliphatic carbocycles. The Bertz CT molecular complexity index is 699. The fourth-order valence-electron chi connectivity index (χ4n) is 2.74. The standard InChI is InChI=1S/C16H18N4O3/c21-15(22)13-5-7-19(10-13)16(23)18-9-12-3-1-2-4-14(12)20-8-6-17-11-20/h1-4,6,8,11,13H,5,7,9-10H2,(H,18,23)(H,21,22). The van der Waals surface area contributed by atoms with Gasteiger partial charge in [0.15, 0.2) is 0 Å². The summed E-state index contributed by atoms with van der Waals surface area (Å²) in [6.45, 7) is 1.12. The van der Waals surface area contributed by atoms with Crippen molar-refractivity contribution in [2.45, 2.75) is 13.0 Å². The molecule has 3 rings (SSSR count). The third kappa shape index (κ3) is 3.33. The summed E-state index contributed by atoms with van der Waals surface area (Å²) < 4.78 is 1.89. The van der Waals surface area contributed by atoms with Crippen LogP contribution >= 0.6 is 0 Å². The normalized spacial score (nSPS) is 17.2. The lowest BCUT2D eigenvalue weighted by Crippen LogP contribution is -2.38. The van der Waals surface area contributed by atoms with Crippen molar-refractivity contribution in [3.63, 3.8) is 0 Å². The number of nitrogens with one attached hydrogen (secondary N) is 1. The van der Waals surface area contributed by atoms with Gasteiger partial charge in [-0.15, -0.1) is 0 Å². The van der Waals surface area contributed by atoms with Crippen LogP contribution in [0.4, 0.5) is 4.79 Å². The van der Waals surface area contributed by atoms with Gasteiger partial charge in [0.1, 0.15) is 0 Å². The van der Waals surface area contributed by atoms with Crippen molar-refractivity contribution >= 4 is 12.0 Å². The molecule has 1 fully saturated rings. The predicted molar refractivity (Wildman–Crippen MR) is 83.1 cm³/mol. The number of benzene rings is 1. The van der Waals surface area contributed by atoms with Crippen molar-refractivity contribution < 1.29 is 14.7 Å². The molecule has 1 aliphatic rings. The number of carboxylic acids is 1. The number of aliphatic carboxylic acids is 1. The summed E-state index contributed by atoms with van der Waals surface area (Å²) in [5.41, 5.74) is 1.92. The highest BCUT2D eigenvalue weighted by atomic mass is 16.4. The second-order valence-electron chi connectivity index (χ2n) is 5.53. The first kappa shape index (κ1) is 15.1. The fourth-order valence-corrected chi connectivity index (χ4v) is 2.74. The molecule has 120 valence electrons. The minimum Gasteiger partial charge on any atom is -0.481 e. The maximum absolute atomic E-state index is 12.2. The van der Waals surface area contributed by atoms with Crippen LogP contribution in [0.2, 0.25) is 0 Å². The number of carboxylic acid groups (broad SMARTS) is 1. The number of urea groups is 1. The van der Waals surface area contributed by atoms with Crippen LogP contribution in [0.3, 0.4) is 0 Å². The second-order valence-corrected chi connectivity index (χ2v) is 5.53. The Labute approximate surface area is 133 Å². The molecule has 1 aromatic heterocycles. The first-order chi connectivity index (χ1) is 11.1. The number of imidazole rings is 1. The van der Waals surface area contributed by atoms with Crippen LogP contribution in [-0.2, 0) is 11.3 Å². The summed E-state index contributed by atoms with van der Waals surface area (Å²) in [4.78, 5) is 28.7. The zero-order valence-corrected chi connectivity index (χ0v) is 12.6. The number of likely N-dealkylation sites (tertiary alicyclic amines) is 1. The quantitative estimate of drug-likeness (QED) is 0.895. The Morgan fingerprint density at radius 3 is 2.87 bits per heavy atom. The number of carbonyl (C=O) groups excluding carboxylic acids is 1. The van der Waals surface area contributed by atoms with Crippen LogP contribution in [0, 0.1) is 5.92 Å². The maximum atomic E-state index is 12.2. The van der Waals surface area contributed by atoms with Crippen LogP contribution in [-0.4, -0.2) is 44.6 Å². The molecule has 1 aromatic carbocycles. The van der Waals surface area contributed by atoms with E-state index in [9.17, 15) is 9.59 Å². The highest BCUT2D eigenvalue weighted by Gasteiger charge is 2.30. The molecular weight excluding hydrogens is 296 g/mol. The van der Waals surface area contributed by atoms with Crippen LogP contribution in [0.1, 0.15) is 12.0 Å². The van der Waals surface area contributed by atoms with E-state index >= 15 is 0 Å². The molecule has 0 spiro atoms. The van der Waals surface area contributed by atoms with E-state index in [0.29, 0.717) is 19.5 Å². The van der Waals surface area contributed by atoms with Crippen molar-refractivity contribution in [2.24, 2.45) is 5.92 Å². The predicted octanol–water partition coefficient (Wildman–Crippen LogP) is 1.49. The molecule has 0 saturated carbocycles. The molecule has 23 heavy (non-hydrogen) atoms. The summed E-state index contributed by atoms with van der Waals surface area (Å²) in [6, 6.07) is 7.52. The van der Waals surface area contributed by atoms with Gasteiger partial charge in [0.05, 0.1) is 17.9 Å². The Morgan fingerprint density at radius 1 is 1.35 bits per heavy atom. The van der Waals surface area contributed by atoms with Gasteiger partial charge in [0.2, 0.25) is 0 Å². The van der Waals surface area contributed by atoms with E-state index < -0.39 is 11.9 Å². The van der Waals surface area contributed by atoms with Crippen LogP contribution in [0.25, 0.3) is 5.69 Å². The van der Waals surface area contributed by atoms with Gasteiger partial charge >= 0.3 is 12.0 Å². The van der Waals surface area contributed by atoms with Gasteiger partial charge in [-0.1, -0.05) is 18.2 Å². The van der Waals surface area contributed by atoms with Crippen molar-refractivity contribution in [1.29, 1.82) is 0 Å². The maximum Gasteiger partial charge on any atom is 0.317 e. The summed E-state index contributed by atoms with van der Waals surface area (Å²) in [6.07, 6.45) is 5.76. The lowest BCUT2D eigenvalue weighted by Gasteiger charge is -2.18. The number of hydrogen-bond donors (Lipinski definition) is 2. The van der Waals surface area contributed by atoms with Gasteiger partial charge in [0, 0.05) is 32.0 Å². The Morgan fingerprint density at radius 2 is 2.17 bits per heavy atom. The molecule has 2 amide bonds. The average Bonchev–Trinajstić information content (AvgIpc) is 3.24. The number of rotatable bonds is 4. The van der Waals surface area contributed by atoms with E-state index in [-0.39, 0.29) is 12.6 Å². The number of amides is 2. The van der Waals surface area contributed by atoms with Gasteiger partial charge in [0.25, 0.3) is 0 Å². The molecule has 1 aliphatic heterocycles. The van der Waals surface area contributed by atoms with E-state index in [2.05, 4.69) is 10.3 Å². The third-order valence-corrected chi connectivity index (χ3v) is 4.03. The Kier molecular flexibility index (Phi) is 4.27. The SMILES string of the molecule is O=C(O)C1CCN(C(=O)NCc2ccccc2-n2ccnc2)C1. The molecule has 2 N–H and O–H groups in total. The second kappa shape index (κ2) is 6.51. The van der Waals surface area contributed by atoms with Gasteiger partial charge in [-0.2, -0.15) is 0 Å². The minimum absolute atomic E-state index is 0.228. The zero-order valence-electron chi connectivity index (χ0n) is 12.6. The number of nitrogens with zero attached hydrogens (tertiary/aromatic N) is 3. The molecular formula is C16H18N4O3. The summed E-state index contributed by atoms with van der Waals surface area (Å²) in [5, 5.41) is 11.9. The number of hydrogen-bond acceptors (Lipinski definition) is 3. The first-order valence-corrected chi connectivity index (χ1v) is 7.47. The molecule has 1 atom stereocenters. The Hall–Kier alpha value is -2.83. The summed E-state index contributed by atoms with van der Waals surface area (Å²) >= 11 is 0. The molecule has 0 radical (unpaired) electrons. The smallest absolute Gasteiger partial charge is 0.317 e. The zero-order chi connectivity index (χ0) is 16.2. The van der Waals surface area contributed by atoms with Gasteiger partial charge in [-0.05, 0) is 18.1 Å². The summed E-state index contributed by atoms with van der Waals surface area (Å²) in [7, 11) is 0. The van der Waals surface area contributed by atoms with Gasteiger partial charge in [-0.25, -0.2) is 9.78 Å². The minimum atomic E-state index is -0.842. The lowest BCUT2D eigenvalue weighted by molar-refractivity contribution is -0.141. The third-order valence-electron chi connectivity index (χ3n) is 4.03. The van der Waals surface area contributed by atoms with E-state index in [4.69, 9.17) is 5.11 Å². The van der Waals surface area contributed by atoms with Crippen molar-refractivity contribution in [1.82, 2.24) is 19.8 Å². The largest absolute Gasteiger partial charge is 0.481 e. The molecule has 7 nitrogen and oxygen atoms in total. The van der Waals surface area contributed by atoms with Crippen molar-refractivity contribution in [2.75, 3.05) is 13.1 Å². The first-order valence-electron chi connectivity index (χ1n) is 7.47. The molecule has 2 aromatic rings. The van der Waals surface area contributed by atoms with Crippen LogP contribution in [0.5, 0.6) is 0 Å². The van der Waals surface area contributed by atoms with E-state index in [1.807, 2.05) is 35.0 Å². The van der Waals surface area contributed by atoms with Crippen molar-refractivity contribution in [3.8, 4) is 5.69 Å². The topological polar surface area (TPSA) is 87.5 Å². The number of para-hydroxylation sites is 1. The van der Waals surface area contributed by atoms with Crippen LogP contribution in [0.15, 0.2) is 43.0 Å². The summed E-state index contributed by atoms with van der Waals surface area (Å²) in [5.74, 6) is -1.30. The fraction of sp³-hybridized carbons (Fsp3) is 0.312. The van der Waals surface area contributed by atoms with E-state index in [1.165, 1.54) is 0 Å². The molecule has 0 bridgehead atoms. The van der Waals surface area contributed by atoms with Gasteiger partial charge < -0.3 is 19.9 Å². The van der Waals surface area contributed by atoms with E-state index in [0.717, 1.165) is 11.3 Å². The van der Waals surface area contributed by atoms with E-state index in [1.54, 1.807) is 17.4 Å². The Balaban J connectivity index is 1.63. The molecule has 1 unspecified atom stereocenters. The average molecular weight is 314 g/mol. The van der Waals surface area contributed by atoms with Crippen molar-refractivity contribution in [3.05, 3.63) is 48.5 Å². The number of carbonyl (C=O) groups is 2. The lowest BCUT2D eigenvalue weighted by atomic mass is 10.1. The highest BCUT2D eigenvalue weighted by Crippen LogP contribution is 2.17. The number of aromatic nitrogens is 2. The molecule has 7 heteroatoms. The van der Waals surface area contributed by atoms with Gasteiger partial charge in [-0.3, -0.25) is 4.79 Å². The molecule has 1 saturated heterocycles.